The van der Waals surface area contributed by atoms with Gasteiger partial charge in [0.25, 0.3) is 5.91 Å². The van der Waals surface area contributed by atoms with E-state index in [2.05, 4.69) is 32.2 Å². The number of hydrogen-bond acceptors (Lipinski definition) is 5. The van der Waals surface area contributed by atoms with Gasteiger partial charge in [-0.2, -0.15) is 5.10 Å². The van der Waals surface area contributed by atoms with Crippen molar-refractivity contribution >= 4 is 17.2 Å². The van der Waals surface area contributed by atoms with Crippen molar-refractivity contribution in [3.8, 4) is 17.5 Å². The molecule has 0 aliphatic heterocycles. The number of carbonyl (C=O) groups excluding carboxylic acids is 1. The topological polar surface area (TPSA) is 80.3 Å². The second-order valence-electron chi connectivity index (χ2n) is 9.20. The summed E-state index contributed by atoms with van der Waals surface area (Å²) in [6, 6.07) is 14.2. The number of carbonyl (C=O) groups is 1. The molecule has 9 heteroatoms. The van der Waals surface area contributed by atoms with Gasteiger partial charge in [0.1, 0.15) is 12.4 Å². The quantitative estimate of drug-likeness (QED) is 0.345. The van der Waals surface area contributed by atoms with E-state index in [0.717, 1.165) is 11.3 Å². The van der Waals surface area contributed by atoms with Gasteiger partial charge in [-0.3, -0.25) is 4.79 Å². The molecule has 0 aliphatic rings. The SMILES string of the molecule is Cc1ccc(C(=O)Nc2cc(CF)cc(-n3cnc(CN(C)C)c3)c2)cc1C#Cc1cnc2cccnn12. The van der Waals surface area contributed by atoms with Crippen LogP contribution in [0, 0.1) is 18.8 Å². The zero-order valence-electron chi connectivity index (χ0n) is 21.3. The normalized spacial score (nSPS) is 11.0. The van der Waals surface area contributed by atoms with Crippen LogP contribution in [0.1, 0.15) is 38.4 Å². The Balaban J connectivity index is 1.39. The van der Waals surface area contributed by atoms with E-state index in [0.29, 0.717) is 46.0 Å². The number of hydrogen-bond donors (Lipinski definition) is 1. The molecule has 0 bridgehead atoms. The van der Waals surface area contributed by atoms with Crippen molar-refractivity contribution in [1.82, 2.24) is 29.0 Å². The van der Waals surface area contributed by atoms with E-state index in [1.54, 1.807) is 53.6 Å². The van der Waals surface area contributed by atoms with Crippen molar-refractivity contribution in [1.29, 1.82) is 0 Å². The van der Waals surface area contributed by atoms with Crippen molar-refractivity contribution in [3.63, 3.8) is 0 Å². The second kappa shape index (κ2) is 10.7. The number of imidazole rings is 2. The summed E-state index contributed by atoms with van der Waals surface area (Å²) in [7, 11) is 3.94. The summed E-state index contributed by atoms with van der Waals surface area (Å²) in [6.45, 7) is 1.97. The van der Waals surface area contributed by atoms with Crippen LogP contribution in [0.5, 0.6) is 0 Å². The number of nitrogens with zero attached hydrogens (tertiary/aromatic N) is 6. The highest BCUT2D eigenvalue weighted by atomic mass is 19.1. The number of aromatic nitrogens is 5. The molecule has 8 nitrogen and oxygen atoms in total. The molecule has 38 heavy (non-hydrogen) atoms. The van der Waals surface area contributed by atoms with Crippen LogP contribution >= 0.6 is 0 Å². The third kappa shape index (κ3) is 5.45. The minimum atomic E-state index is -0.654. The van der Waals surface area contributed by atoms with Crippen molar-refractivity contribution in [2.24, 2.45) is 0 Å². The number of aryl methyl sites for hydroxylation is 1. The maximum absolute atomic E-state index is 13.7. The summed E-state index contributed by atoms with van der Waals surface area (Å²) in [5, 5.41) is 7.18. The van der Waals surface area contributed by atoms with Gasteiger partial charge < -0.3 is 14.8 Å². The molecular formula is C29H26FN7O. The molecule has 3 heterocycles. The molecule has 1 N–H and O–H groups in total. The molecule has 190 valence electrons. The van der Waals surface area contributed by atoms with Crippen LogP contribution in [0.4, 0.5) is 10.1 Å². The Morgan fingerprint density at radius 3 is 2.79 bits per heavy atom. The second-order valence-corrected chi connectivity index (χ2v) is 9.20. The molecule has 0 saturated carbocycles. The van der Waals surface area contributed by atoms with Crippen LogP contribution < -0.4 is 5.32 Å². The van der Waals surface area contributed by atoms with Gasteiger partial charge in [-0.15, -0.1) is 0 Å². The van der Waals surface area contributed by atoms with Crippen molar-refractivity contribution < 1.29 is 9.18 Å². The first-order chi connectivity index (χ1) is 18.4. The number of benzene rings is 2. The zero-order valence-corrected chi connectivity index (χ0v) is 21.3. The molecule has 0 unspecified atom stereocenters. The van der Waals surface area contributed by atoms with Gasteiger partial charge in [0.15, 0.2) is 5.65 Å². The van der Waals surface area contributed by atoms with Gasteiger partial charge in [-0.05, 0) is 80.5 Å². The summed E-state index contributed by atoms with van der Waals surface area (Å²) in [6.07, 6.45) is 6.93. The van der Waals surface area contributed by atoms with Gasteiger partial charge in [-0.1, -0.05) is 12.0 Å². The van der Waals surface area contributed by atoms with Gasteiger partial charge in [0.05, 0.1) is 18.2 Å². The number of amides is 1. The summed E-state index contributed by atoms with van der Waals surface area (Å²) in [5.41, 5.74) is 6.01. The van der Waals surface area contributed by atoms with E-state index in [1.807, 2.05) is 54.9 Å². The fourth-order valence-corrected chi connectivity index (χ4v) is 4.03. The largest absolute Gasteiger partial charge is 0.322 e. The van der Waals surface area contributed by atoms with Crippen LogP contribution in [0.25, 0.3) is 11.3 Å². The lowest BCUT2D eigenvalue weighted by atomic mass is 10.0. The molecule has 1 amide bonds. The number of nitrogens with one attached hydrogen (secondary N) is 1. The monoisotopic (exact) mass is 507 g/mol. The first-order valence-electron chi connectivity index (χ1n) is 12.0. The number of halogens is 1. The smallest absolute Gasteiger partial charge is 0.255 e. The molecule has 5 aromatic rings. The Kier molecular flexibility index (Phi) is 6.98. The van der Waals surface area contributed by atoms with Crippen molar-refractivity contribution in [2.45, 2.75) is 20.1 Å². The molecule has 3 aromatic heterocycles. The maximum atomic E-state index is 13.7. The first-order valence-corrected chi connectivity index (χ1v) is 12.0. The number of anilines is 1. The lowest BCUT2D eigenvalue weighted by Gasteiger charge is -2.11. The van der Waals surface area contributed by atoms with E-state index in [4.69, 9.17) is 0 Å². The fraction of sp³-hybridized carbons (Fsp3) is 0.172. The van der Waals surface area contributed by atoms with E-state index < -0.39 is 6.67 Å². The third-order valence-electron chi connectivity index (χ3n) is 5.90. The first kappa shape index (κ1) is 24.9. The molecular weight excluding hydrogens is 481 g/mol. The standard InChI is InChI=1S/C29H26FN7O/c1-20-6-7-23(13-22(20)8-9-26-16-31-28-5-4-10-33-37(26)28)29(38)34-24-11-21(15-30)12-27(14-24)36-18-25(32-19-36)17-35(2)3/h4-7,10-14,16,18-19H,15,17H2,1-3H3,(H,34,38). The van der Waals surface area contributed by atoms with Gasteiger partial charge in [0, 0.05) is 41.4 Å². The molecule has 2 aromatic carbocycles. The summed E-state index contributed by atoms with van der Waals surface area (Å²) in [5.74, 6) is 5.92. The Morgan fingerprint density at radius 1 is 1.11 bits per heavy atom. The molecule has 5 rings (SSSR count). The third-order valence-corrected chi connectivity index (χ3v) is 5.90. The Bertz CT molecular complexity index is 1690. The minimum Gasteiger partial charge on any atom is -0.322 e. The van der Waals surface area contributed by atoms with E-state index in [9.17, 15) is 9.18 Å². The van der Waals surface area contributed by atoms with Crippen LogP contribution in [0.2, 0.25) is 0 Å². The maximum Gasteiger partial charge on any atom is 0.255 e. The lowest BCUT2D eigenvalue weighted by molar-refractivity contribution is 0.102. The highest BCUT2D eigenvalue weighted by Crippen LogP contribution is 2.21. The predicted molar refractivity (Wildman–Crippen MR) is 144 cm³/mol. The fourth-order valence-electron chi connectivity index (χ4n) is 4.03. The van der Waals surface area contributed by atoms with Crippen LogP contribution in [-0.2, 0) is 13.2 Å². The average Bonchev–Trinajstić information content (AvgIpc) is 3.54. The molecule has 0 radical (unpaired) electrons. The number of fused-ring (bicyclic) bond motifs is 1. The number of rotatable bonds is 6. The van der Waals surface area contributed by atoms with Crippen LogP contribution in [0.3, 0.4) is 0 Å². The highest BCUT2D eigenvalue weighted by Gasteiger charge is 2.11. The van der Waals surface area contributed by atoms with Gasteiger partial charge >= 0.3 is 0 Å². The van der Waals surface area contributed by atoms with Crippen LogP contribution in [0.15, 0.2) is 73.4 Å². The molecule has 0 saturated heterocycles. The predicted octanol–water partition coefficient (Wildman–Crippen LogP) is 4.41. The van der Waals surface area contributed by atoms with E-state index >= 15 is 0 Å². The van der Waals surface area contributed by atoms with Crippen LogP contribution in [-0.4, -0.2) is 49.1 Å². The Morgan fingerprint density at radius 2 is 1.97 bits per heavy atom. The zero-order chi connectivity index (χ0) is 26.6. The van der Waals surface area contributed by atoms with Crippen molar-refractivity contribution in [2.75, 3.05) is 19.4 Å². The highest BCUT2D eigenvalue weighted by molar-refractivity contribution is 6.04. The lowest BCUT2D eigenvalue weighted by Crippen LogP contribution is -2.13. The minimum absolute atomic E-state index is 0.314. The molecule has 0 aliphatic carbocycles. The van der Waals surface area contributed by atoms with Gasteiger partial charge in [0.2, 0.25) is 0 Å². The summed E-state index contributed by atoms with van der Waals surface area (Å²) < 4.78 is 17.2. The van der Waals surface area contributed by atoms with E-state index in [1.165, 1.54) is 0 Å². The Hall–Kier alpha value is -4.81. The van der Waals surface area contributed by atoms with Crippen molar-refractivity contribution in [3.05, 3.63) is 107 Å². The number of alkyl halides is 1. The molecule has 0 fully saturated rings. The summed E-state index contributed by atoms with van der Waals surface area (Å²) >= 11 is 0. The van der Waals surface area contributed by atoms with Gasteiger partial charge in [-0.25, -0.2) is 18.9 Å². The summed E-state index contributed by atoms with van der Waals surface area (Å²) in [4.78, 5) is 23.9. The molecule has 0 atom stereocenters. The Labute approximate surface area is 219 Å². The van der Waals surface area contributed by atoms with E-state index in [-0.39, 0.29) is 5.91 Å². The average molecular weight is 508 g/mol. The molecule has 0 spiro atoms.